The number of aryl methyl sites for hydroxylation is 1. The van der Waals surface area contributed by atoms with Crippen LogP contribution in [0.4, 0.5) is 0 Å². The van der Waals surface area contributed by atoms with Crippen LogP contribution in [0.1, 0.15) is 35.1 Å². The molecule has 2 nitrogen and oxygen atoms in total. The smallest absolute Gasteiger partial charge is 0.0994 e. The predicted octanol–water partition coefficient (Wildman–Crippen LogP) is 2.24. The molecule has 0 saturated carbocycles. The molecule has 0 aliphatic rings. The molecule has 0 amide bonds. The van der Waals surface area contributed by atoms with Gasteiger partial charge in [-0.05, 0) is 49.1 Å². The summed E-state index contributed by atoms with van der Waals surface area (Å²) >= 11 is 0. The van der Waals surface area contributed by atoms with Crippen LogP contribution >= 0.6 is 0 Å². The van der Waals surface area contributed by atoms with Crippen molar-refractivity contribution in [1.82, 2.24) is 0 Å². The normalized spacial score (nSPS) is 12.2. The molecule has 0 aromatic heterocycles. The Bertz CT molecular complexity index is 375. The van der Waals surface area contributed by atoms with E-state index in [2.05, 4.69) is 19.1 Å². The molecule has 0 aliphatic carbocycles. The van der Waals surface area contributed by atoms with Crippen LogP contribution in [0.3, 0.4) is 0 Å². The molecule has 1 atom stereocenters. The van der Waals surface area contributed by atoms with E-state index in [0.717, 1.165) is 16.7 Å². The van der Waals surface area contributed by atoms with Crippen molar-refractivity contribution in [3.63, 3.8) is 0 Å². The SMILES string of the molecule is Cc1cc(C(C)CN)cc(C#N)c1C. The van der Waals surface area contributed by atoms with Gasteiger partial charge in [0.1, 0.15) is 0 Å². The van der Waals surface area contributed by atoms with Crippen molar-refractivity contribution < 1.29 is 0 Å². The predicted molar refractivity (Wildman–Crippen MR) is 58.1 cm³/mol. The van der Waals surface area contributed by atoms with Gasteiger partial charge in [0, 0.05) is 0 Å². The summed E-state index contributed by atoms with van der Waals surface area (Å²) < 4.78 is 0. The number of benzene rings is 1. The van der Waals surface area contributed by atoms with E-state index in [1.54, 1.807) is 0 Å². The number of nitrogens with two attached hydrogens (primary N) is 1. The van der Waals surface area contributed by atoms with Crippen molar-refractivity contribution in [2.24, 2.45) is 5.73 Å². The second-order valence-corrected chi connectivity index (χ2v) is 3.76. The van der Waals surface area contributed by atoms with Gasteiger partial charge in [-0.1, -0.05) is 13.0 Å². The highest BCUT2D eigenvalue weighted by molar-refractivity contribution is 5.45. The van der Waals surface area contributed by atoms with Gasteiger partial charge < -0.3 is 5.73 Å². The molecule has 2 heteroatoms. The molecule has 1 aromatic rings. The van der Waals surface area contributed by atoms with Crippen molar-refractivity contribution in [3.8, 4) is 6.07 Å². The van der Waals surface area contributed by atoms with Gasteiger partial charge in [0.25, 0.3) is 0 Å². The monoisotopic (exact) mass is 188 g/mol. The minimum atomic E-state index is 0.321. The maximum absolute atomic E-state index is 8.94. The zero-order chi connectivity index (χ0) is 10.7. The molecule has 0 heterocycles. The first kappa shape index (κ1) is 10.7. The van der Waals surface area contributed by atoms with Gasteiger partial charge in [-0.15, -0.1) is 0 Å². The molecule has 0 radical (unpaired) electrons. The van der Waals surface area contributed by atoms with Crippen LogP contribution in [0.5, 0.6) is 0 Å². The molecule has 0 bridgehead atoms. The Kier molecular flexibility index (Phi) is 3.27. The minimum absolute atomic E-state index is 0.321. The van der Waals surface area contributed by atoms with Gasteiger partial charge in [0.05, 0.1) is 11.6 Å². The van der Waals surface area contributed by atoms with Crippen LogP contribution in [-0.2, 0) is 0 Å². The van der Waals surface area contributed by atoms with Crippen LogP contribution in [0, 0.1) is 25.2 Å². The Morgan fingerprint density at radius 2 is 2.07 bits per heavy atom. The van der Waals surface area contributed by atoms with E-state index >= 15 is 0 Å². The maximum Gasteiger partial charge on any atom is 0.0994 e. The standard InChI is InChI=1S/C12H16N2/c1-8-4-11(9(2)6-13)5-12(7-14)10(8)3/h4-5,9H,6,13H2,1-3H3. The van der Waals surface area contributed by atoms with Gasteiger partial charge >= 0.3 is 0 Å². The lowest BCUT2D eigenvalue weighted by Gasteiger charge is -2.12. The summed E-state index contributed by atoms with van der Waals surface area (Å²) in [5.74, 6) is 0.321. The van der Waals surface area contributed by atoms with Gasteiger partial charge in [0.15, 0.2) is 0 Å². The van der Waals surface area contributed by atoms with E-state index in [1.165, 1.54) is 5.56 Å². The third-order valence-electron chi connectivity index (χ3n) is 2.73. The van der Waals surface area contributed by atoms with Crippen LogP contribution in [-0.4, -0.2) is 6.54 Å². The molecule has 2 N–H and O–H groups in total. The van der Waals surface area contributed by atoms with E-state index in [0.29, 0.717) is 12.5 Å². The van der Waals surface area contributed by atoms with Gasteiger partial charge in [-0.2, -0.15) is 5.26 Å². The van der Waals surface area contributed by atoms with Crippen molar-refractivity contribution in [2.45, 2.75) is 26.7 Å². The van der Waals surface area contributed by atoms with E-state index in [-0.39, 0.29) is 0 Å². The molecule has 0 aliphatic heterocycles. The lowest BCUT2D eigenvalue weighted by molar-refractivity contribution is 0.772. The van der Waals surface area contributed by atoms with Crippen LogP contribution in [0.25, 0.3) is 0 Å². The highest BCUT2D eigenvalue weighted by Gasteiger charge is 2.08. The van der Waals surface area contributed by atoms with Crippen LogP contribution in [0.15, 0.2) is 12.1 Å². The largest absolute Gasteiger partial charge is 0.330 e. The zero-order valence-electron chi connectivity index (χ0n) is 8.96. The first-order valence-electron chi connectivity index (χ1n) is 4.81. The summed E-state index contributed by atoms with van der Waals surface area (Å²) in [7, 11) is 0. The number of hydrogen-bond acceptors (Lipinski definition) is 2. The molecule has 1 aromatic carbocycles. The molecule has 0 spiro atoms. The fourth-order valence-corrected chi connectivity index (χ4v) is 1.42. The van der Waals surface area contributed by atoms with Gasteiger partial charge in [-0.3, -0.25) is 0 Å². The summed E-state index contributed by atoms with van der Waals surface area (Å²) in [6.07, 6.45) is 0. The lowest BCUT2D eigenvalue weighted by atomic mass is 9.94. The molecule has 0 saturated heterocycles. The van der Waals surface area contributed by atoms with Gasteiger partial charge in [-0.25, -0.2) is 0 Å². The third-order valence-corrected chi connectivity index (χ3v) is 2.73. The summed E-state index contributed by atoms with van der Waals surface area (Å²) in [4.78, 5) is 0. The van der Waals surface area contributed by atoms with E-state index < -0.39 is 0 Å². The Balaban J connectivity index is 3.24. The molecule has 1 unspecified atom stereocenters. The zero-order valence-corrected chi connectivity index (χ0v) is 8.96. The molecular weight excluding hydrogens is 172 g/mol. The average Bonchev–Trinajstić information content (AvgIpc) is 2.20. The van der Waals surface area contributed by atoms with Crippen LogP contribution in [0.2, 0.25) is 0 Å². The Labute approximate surface area is 85.4 Å². The number of nitriles is 1. The topological polar surface area (TPSA) is 49.8 Å². The van der Waals surface area contributed by atoms with E-state index in [1.807, 2.05) is 19.9 Å². The second-order valence-electron chi connectivity index (χ2n) is 3.76. The summed E-state index contributed by atoms with van der Waals surface area (Å²) in [6.45, 7) is 6.70. The summed E-state index contributed by atoms with van der Waals surface area (Å²) in [6, 6.07) is 6.28. The lowest BCUT2D eigenvalue weighted by Crippen LogP contribution is -2.09. The molecule has 74 valence electrons. The Morgan fingerprint density at radius 1 is 1.43 bits per heavy atom. The van der Waals surface area contributed by atoms with Crippen molar-refractivity contribution >= 4 is 0 Å². The summed E-state index contributed by atoms with van der Waals surface area (Å²) in [5.41, 5.74) is 9.76. The number of hydrogen-bond donors (Lipinski definition) is 1. The number of nitrogens with zero attached hydrogens (tertiary/aromatic N) is 1. The first-order valence-corrected chi connectivity index (χ1v) is 4.81. The Hall–Kier alpha value is -1.33. The highest BCUT2D eigenvalue weighted by Crippen LogP contribution is 2.21. The van der Waals surface area contributed by atoms with Gasteiger partial charge in [0.2, 0.25) is 0 Å². The van der Waals surface area contributed by atoms with E-state index in [9.17, 15) is 0 Å². The minimum Gasteiger partial charge on any atom is -0.330 e. The number of rotatable bonds is 2. The summed E-state index contributed by atoms with van der Waals surface area (Å²) in [5, 5.41) is 8.94. The van der Waals surface area contributed by atoms with Crippen molar-refractivity contribution in [1.29, 1.82) is 5.26 Å². The average molecular weight is 188 g/mol. The second kappa shape index (κ2) is 4.26. The first-order chi connectivity index (χ1) is 6.60. The molecule has 0 fully saturated rings. The molecule has 14 heavy (non-hydrogen) atoms. The third kappa shape index (κ3) is 1.94. The van der Waals surface area contributed by atoms with Crippen molar-refractivity contribution in [3.05, 3.63) is 34.4 Å². The Morgan fingerprint density at radius 3 is 2.57 bits per heavy atom. The molecular formula is C12H16N2. The highest BCUT2D eigenvalue weighted by atomic mass is 14.5. The fourth-order valence-electron chi connectivity index (χ4n) is 1.42. The quantitative estimate of drug-likeness (QED) is 0.773. The maximum atomic E-state index is 8.94. The van der Waals surface area contributed by atoms with Crippen LogP contribution < -0.4 is 5.73 Å². The van der Waals surface area contributed by atoms with Crippen molar-refractivity contribution in [2.75, 3.05) is 6.54 Å². The fraction of sp³-hybridized carbons (Fsp3) is 0.417. The van der Waals surface area contributed by atoms with E-state index in [4.69, 9.17) is 11.0 Å². The molecule has 1 rings (SSSR count).